The van der Waals surface area contributed by atoms with Crippen molar-refractivity contribution in [3.8, 4) is 11.3 Å². The number of amides is 3. The maximum absolute atomic E-state index is 14.4. The van der Waals surface area contributed by atoms with E-state index in [0.29, 0.717) is 16.6 Å². The molecule has 0 spiro atoms. The minimum Gasteiger partial charge on any atom is -0.464 e. The van der Waals surface area contributed by atoms with Gasteiger partial charge in [0.15, 0.2) is 0 Å². The SMILES string of the molecule is C=C[C@@H]1C[C@]1(NC(=O)[C@@H]1C[C@@H](n2nc(-c3ccccc3)c(Br)cc2=O)CN1C(=O)[C@@H](NC(=O)OC(C)(C)C)C(C)(C)C)C(=O)OCC. The Hall–Kier alpha value is -4.00. The summed E-state index contributed by atoms with van der Waals surface area (Å²) in [4.78, 5) is 69.1. The number of nitrogens with one attached hydrogen (secondary N) is 2. The van der Waals surface area contributed by atoms with Gasteiger partial charge in [-0.15, -0.1) is 6.58 Å². The molecule has 0 radical (unpaired) electrons. The van der Waals surface area contributed by atoms with Gasteiger partial charge in [-0.05, 0) is 55.5 Å². The lowest BCUT2D eigenvalue weighted by molar-refractivity contribution is -0.150. The monoisotopic (exact) mass is 713 g/mol. The molecule has 2 aromatic rings. The molecular formula is C34H44BrN5O7. The van der Waals surface area contributed by atoms with Gasteiger partial charge in [-0.1, -0.05) is 57.2 Å². The van der Waals surface area contributed by atoms with Gasteiger partial charge in [0.25, 0.3) is 5.56 Å². The number of likely N-dealkylation sites (tertiary alicyclic amines) is 1. The first-order chi connectivity index (χ1) is 21.9. The topological polar surface area (TPSA) is 149 Å². The third kappa shape index (κ3) is 7.94. The number of benzene rings is 1. The summed E-state index contributed by atoms with van der Waals surface area (Å²) in [5.41, 5.74) is -2.04. The van der Waals surface area contributed by atoms with Crippen LogP contribution in [0.15, 0.2) is 58.3 Å². The molecule has 0 unspecified atom stereocenters. The third-order valence-electron chi connectivity index (χ3n) is 8.23. The zero-order valence-electron chi connectivity index (χ0n) is 28.0. The first-order valence-corrected chi connectivity index (χ1v) is 16.5. The number of aromatic nitrogens is 2. The highest BCUT2D eigenvalue weighted by Crippen LogP contribution is 2.46. The molecule has 4 rings (SSSR count). The van der Waals surface area contributed by atoms with Crippen LogP contribution < -0.4 is 16.2 Å². The van der Waals surface area contributed by atoms with Gasteiger partial charge in [-0.3, -0.25) is 14.4 Å². The molecule has 1 aliphatic carbocycles. The first kappa shape index (κ1) is 35.8. The normalized spacial score (nSPS) is 23.0. The number of alkyl carbamates (subject to hydrolysis) is 1. The minimum atomic E-state index is -1.30. The molecule has 1 saturated carbocycles. The number of halogens is 1. The van der Waals surface area contributed by atoms with Crippen molar-refractivity contribution in [1.82, 2.24) is 25.3 Å². The summed E-state index contributed by atoms with van der Waals surface area (Å²) in [6, 6.07) is 7.81. The average Bonchev–Trinajstić information content (AvgIpc) is 3.51. The molecule has 12 nitrogen and oxygen atoms in total. The Labute approximate surface area is 283 Å². The van der Waals surface area contributed by atoms with Crippen LogP contribution in [0.4, 0.5) is 4.79 Å². The van der Waals surface area contributed by atoms with E-state index in [1.165, 1.54) is 15.6 Å². The number of nitrogens with zero attached hydrogens (tertiary/aromatic N) is 3. The van der Waals surface area contributed by atoms with E-state index in [-0.39, 0.29) is 25.5 Å². The molecule has 1 aromatic carbocycles. The molecule has 0 bridgehead atoms. The van der Waals surface area contributed by atoms with E-state index in [2.05, 4.69) is 38.2 Å². The molecule has 47 heavy (non-hydrogen) atoms. The van der Waals surface area contributed by atoms with Crippen molar-refractivity contribution in [2.45, 2.75) is 90.6 Å². The van der Waals surface area contributed by atoms with Gasteiger partial charge in [0.1, 0.15) is 28.9 Å². The number of carbonyl (C=O) groups excluding carboxylic acids is 4. The molecule has 2 fully saturated rings. The van der Waals surface area contributed by atoms with Gasteiger partial charge in [0.05, 0.1) is 17.1 Å². The Bertz CT molecular complexity index is 1600. The maximum Gasteiger partial charge on any atom is 0.408 e. The summed E-state index contributed by atoms with van der Waals surface area (Å²) in [6.07, 6.45) is 1.15. The van der Waals surface area contributed by atoms with Crippen molar-refractivity contribution in [3.63, 3.8) is 0 Å². The van der Waals surface area contributed by atoms with Crippen LogP contribution >= 0.6 is 15.9 Å². The standard InChI is InChI=1S/C34H44BrN5O7/c1-9-21-18-34(21,30(44)46-10-2)37-28(42)24-16-22(40-25(41)17-23(35)26(38-40)20-14-12-11-13-15-20)19-39(24)29(43)27(32(3,4)5)36-31(45)47-33(6,7)8/h9,11-15,17,21-22,24,27H,1,10,16,18-19H2,2-8H3,(H,36,45)(H,37,42)/t21-,22-,24+,27-,34-/m1/s1. The number of rotatable bonds is 9. The van der Waals surface area contributed by atoms with E-state index in [4.69, 9.17) is 9.47 Å². The molecule has 2 aliphatic rings. The van der Waals surface area contributed by atoms with Crippen molar-refractivity contribution >= 4 is 39.8 Å². The lowest BCUT2D eigenvalue weighted by atomic mass is 9.85. The fourth-order valence-electron chi connectivity index (χ4n) is 5.79. The molecule has 13 heteroatoms. The van der Waals surface area contributed by atoms with Crippen LogP contribution in [0.5, 0.6) is 0 Å². The molecule has 1 aliphatic heterocycles. The van der Waals surface area contributed by atoms with Gasteiger partial charge < -0.3 is 25.0 Å². The van der Waals surface area contributed by atoms with E-state index in [0.717, 1.165) is 5.56 Å². The van der Waals surface area contributed by atoms with Crippen molar-refractivity contribution in [3.05, 3.63) is 63.9 Å². The van der Waals surface area contributed by atoms with Crippen molar-refractivity contribution < 1.29 is 28.7 Å². The Morgan fingerprint density at radius 3 is 2.36 bits per heavy atom. The van der Waals surface area contributed by atoms with Crippen LogP contribution in [0, 0.1) is 11.3 Å². The summed E-state index contributed by atoms with van der Waals surface area (Å²) in [6.45, 7) is 16.0. The van der Waals surface area contributed by atoms with Crippen LogP contribution in [0.25, 0.3) is 11.3 Å². The summed E-state index contributed by atoms with van der Waals surface area (Å²) < 4.78 is 12.5. The summed E-state index contributed by atoms with van der Waals surface area (Å²) in [7, 11) is 0. The minimum absolute atomic E-state index is 0.0291. The Morgan fingerprint density at radius 1 is 1.15 bits per heavy atom. The number of hydrogen-bond donors (Lipinski definition) is 2. The first-order valence-electron chi connectivity index (χ1n) is 15.7. The molecule has 2 heterocycles. The second-order valence-corrected chi connectivity index (χ2v) is 14.9. The molecule has 1 aromatic heterocycles. The smallest absolute Gasteiger partial charge is 0.408 e. The van der Waals surface area contributed by atoms with Crippen molar-refractivity contribution in [2.24, 2.45) is 11.3 Å². The van der Waals surface area contributed by atoms with E-state index < -0.39 is 64.1 Å². The quantitative estimate of drug-likeness (QED) is 0.287. The highest BCUT2D eigenvalue weighted by Gasteiger charge is 2.62. The number of hydrogen-bond acceptors (Lipinski definition) is 8. The van der Waals surface area contributed by atoms with E-state index in [1.807, 2.05) is 30.3 Å². The maximum atomic E-state index is 14.4. The zero-order chi connectivity index (χ0) is 34.9. The van der Waals surface area contributed by atoms with Crippen LogP contribution in [0.2, 0.25) is 0 Å². The van der Waals surface area contributed by atoms with Crippen LogP contribution in [0.1, 0.15) is 67.3 Å². The predicted molar refractivity (Wildman–Crippen MR) is 179 cm³/mol. The van der Waals surface area contributed by atoms with Crippen molar-refractivity contribution in [2.75, 3.05) is 13.2 Å². The van der Waals surface area contributed by atoms with E-state index in [9.17, 15) is 24.0 Å². The number of ether oxygens (including phenoxy) is 2. The summed E-state index contributed by atoms with van der Waals surface area (Å²) in [5, 5.41) is 10.2. The van der Waals surface area contributed by atoms with Gasteiger partial charge in [0, 0.05) is 30.5 Å². The lowest BCUT2D eigenvalue weighted by Crippen LogP contribution is -2.59. The Balaban J connectivity index is 1.74. The number of carbonyl (C=O) groups is 4. The summed E-state index contributed by atoms with van der Waals surface area (Å²) in [5.74, 6) is -2.05. The van der Waals surface area contributed by atoms with Gasteiger partial charge >= 0.3 is 12.1 Å². The highest BCUT2D eigenvalue weighted by molar-refractivity contribution is 9.10. The highest BCUT2D eigenvalue weighted by atomic mass is 79.9. The van der Waals surface area contributed by atoms with Crippen molar-refractivity contribution in [1.29, 1.82) is 0 Å². The Kier molecular flexibility index (Phi) is 10.4. The molecule has 3 amide bonds. The fourth-order valence-corrected chi connectivity index (χ4v) is 6.29. The van der Waals surface area contributed by atoms with Gasteiger partial charge in [-0.2, -0.15) is 5.10 Å². The predicted octanol–water partition coefficient (Wildman–Crippen LogP) is 4.38. The average molecular weight is 715 g/mol. The molecule has 2 N–H and O–H groups in total. The molecule has 1 saturated heterocycles. The molecular weight excluding hydrogens is 670 g/mol. The lowest BCUT2D eigenvalue weighted by Gasteiger charge is -2.36. The third-order valence-corrected chi connectivity index (χ3v) is 8.83. The second kappa shape index (κ2) is 13.6. The van der Waals surface area contributed by atoms with Crippen LogP contribution in [-0.4, -0.2) is 74.9 Å². The molecule has 5 atom stereocenters. The van der Waals surface area contributed by atoms with Gasteiger partial charge in [-0.25, -0.2) is 14.3 Å². The second-order valence-electron chi connectivity index (χ2n) is 14.1. The van der Waals surface area contributed by atoms with Gasteiger partial charge in [0.2, 0.25) is 11.8 Å². The van der Waals surface area contributed by atoms with Crippen LogP contribution in [-0.2, 0) is 23.9 Å². The zero-order valence-corrected chi connectivity index (χ0v) is 29.5. The Morgan fingerprint density at radius 2 is 1.81 bits per heavy atom. The fraction of sp³-hybridized carbons (Fsp3) is 0.529. The van der Waals surface area contributed by atoms with E-state index >= 15 is 0 Å². The molecule has 254 valence electrons. The largest absolute Gasteiger partial charge is 0.464 e. The number of esters is 1. The summed E-state index contributed by atoms with van der Waals surface area (Å²) >= 11 is 3.45. The van der Waals surface area contributed by atoms with Crippen LogP contribution in [0.3, 0.4) is 0 Å². The van der Waals surface area contributed by atoms with E-state index in [1.54, 1.807) is 54.5 Å².